The van der Waals surface area contributed by atoms with Gasteiger partial charge in [0.2, 0.25) is 0 Å². The molecule has 0 aliphatic rings. The predicted octanol–water partition coefficient (Wildman–Crippen LogP) is 1.18. The second-order valence-electron chi connectivity index (χ2n) is 3.76. The lowest BCUT2D eigenvalue weighted by molar-refractivity contribution is 0.0684. The number of aryl methyl sites for hydroxylation is 1. The molecule has 0 radical (unpaired) electrons. The van der Waals surface area contributed by atoms with Crippen molar-refractivity contribution in [1.82, 2.24) is 4.90 Å². The normalized spacial score (nSPS) is 10.4. The highest BCUT2D eigenvalue weighted by atomic mass is 79.9. The number of aliphatic hydroxyl groups excluding tert-OH is 2. The van der Waals surface area contributed by atoms with E-state index in [1.165, 1.54) is 4.90 Å². The van der Waals surface area contributed by atoms with Crippen molar-refractivity contribution < 1.29 is 15.0 Å². The molecule has 94 valence electrons. The highest BCUT2D eigenvalue weighted by Gasteiger charge is 2.15. The van der Waals surface area contributed by atoms with Gasteiger partial charge in [-0.25, -0.2) is 0 Å². The van der Waals surface area contributed by atoms with Crippen molar-refractivity contribution in [3.05, 3.63) is 33.8 Å². The molecule has 0 unspecified atom stereocenters. The van der Waals surface area contributed by atoms with E-state index in [2.05, 4.69) is 15.9 Å². The number of halogens is 1. The third kappa shape index (κ3) is 4.11. The third-order valence-electron chi connectivity index (χ3n) is 2.32. The lowest BCUT2D eigenvalue weighted by atomic mass is 10.1. The Morgan fingerprint density at radius 3 is 2.29 bits per heavy atom. The van der Waals surface area contributed by atoms with Crippen LogP contribution in [0.4, 0.5) is 0 Å². The van der Waals surface area contributed by atoms with E-state index in [-0.39, 0.29) is 32.2 Å². The van der Waals surface area contributed by atoms with E-state index in [0.29, 0.717) is 5.56 Å². The van der Waals surface area contributed by atoms with Crippen molar-refractivity contribution in [3.63, 3.8) is 0 Å². The van der Waals surface area contributed by atoms with Gasteiger partial charge in [0.25, 0.3) is 5.91 Å². The number of carbonyl (C=O) groups excluding carboxylic acids is 1. The molecule has 1 amide bonds. The Morgan fingerprint density at radius 1 is 1.24 bits per heavy atom. The maximum Gasteiger partial charge on any atom is 0.254 e. The van der Waals surface area contributed by atoms with Crippen molar-refractivity contribution >= 4 is 21.8 Å². The highest BCUT2D eigenvalue weighted by molar-refractivity contribution is 9.10. The molecule has 0 saturated carbocycles. The summed E-state index contributed by atoms with van der Waals surface area (Å²) in [5, 5.41) is 17.8. The van der Waals surface area contributed by atoms with Crippen LogP contribution in [0, 0.1) is 6.92 Å². The van der Waals surface area contributed by atoms with Crippen LogP contribution in [0.5, 0.6) is 0 Å². The first-order valence-corrected chi connectivity index (χ1v) is 6.16. The molecule has 4 nitrogen and oxygen atoms in total. The number of rotatable bonds is 5. The van der Waals surface area contributed by atoms with Crippen LogP contribution in [0.15, 0.2) is 22.7 Å². The predicted molar refractivity (Wildman–Crippen MR) is 69.0 cm³/mol. The SMILES string of the molecule is Cc1cc(Br)cc(C(=O)N(CCO)CCO)c1. The van der Waals surface area contributed by atoms with Gasteiger partial charge in [-0.1, -0.05) is 15.9 Å². The first-order chi connectivity index (χ1) is 8.08. The zero-order valence-corrected chi connectivity index (χ0v) is 11.3. The minimum atomic E-state index is -0.183. The van der Waals surface area contributed by atoms with Crippen LogP contribution < -0.4 is 0 Å². The second kappa shape index (κ2) is 6.74. The van der Waals surface area contributed by atoms with Crippen LogP contribution in [-0.2, 0) is 0 Å². The fraction of sp³-hybridized carbons (Fsp3) is 0.417. The molecule has 17 heavy (non-hydrogen) atoms. The van der Waals surface area contributed by atoms with Crippen molar-refractivity contribution in [3.8, 4) is 0 Å². The summed E-state index contributed by atoms with van der Waals surface area (Å²) in [5.41, 5.74) is 1.54. The van der Waals surface area contributed by atoms with Gasteiger partial charge in [0, 0.05) is 23.1 Å². The van der Waals surface area contributed by atoms with Gasteiger partial charge in [0.05, 0.1) is 13.2 Å². The van der Waals surface area contributed by atoms with Crippen LogP contribution in [0.2, 0.25) is 0 Å². The van der Waals surface area contributed by atoms with E-state index < -0.39 is 0 Å². The molecular weight excluding hydrogens is 286 g/mol. The fourth-order valence-corrected chi connectivity index (χ4v) is 2.21. The third-order valence-corrected chi connectivity index (χ3v) is 2.77. The number of amides is 1. The maximum atomic E-state index is 12.1. The minimum Gasteiger partial charge on any atom is -0.395 e. The molecule has 0 aliphatic heterocycles. The summed E-state index contributed by atoms with van der Waals surface area (Å²) in [6.45, 7) is 2.14. The van der Waals surface area contributed by atoms with Gasteiger partial charge in [-0.2, -0.15) is 0 Å². The Morgan fingerprint density at radius 2 is 1.82 bits per heavy atom. The van der Waals surface area contributed by atoms with Crippen LogP contribution in [0.3, 0.4) is 0 Å². The van der Waals surface area contributed by atoms with Crippen molar-refractivity contribution in [2.75, 3.05) is 26.3 Å². The Kier molecular flexibility index (Phi) is 5.61. The average molecular weight is 302 g/mol. The van der Waals surface area contributed by atoms with Gasteiger partial charge < -0.3 is 15.1 Å². The molecule has 1 aromatic carbocycles. The van der Waals surface area contributed by atoms with Gasteiger partial charge in [0.15, 0.2) is 0 Å². The Bertz CT molecular complexity index is 369. The van der Waals surface area contributed by atoms with Crippen LogP contribution in [-0.4, -0.2) is 47.3 Å². The van der Waals surface area contributed by atoms with E-state index in [1.54, 1.807) is 12.1 Å². The van der Waals surface area contributed by atoms with E-state index in [1.807, 2.05) is 13.0 Å². The lowest BCUT2D eigenvalue weighted by Gasteiger charge is -2.21. The molecule has 5 heteroatoms. The molecule has 0 fully saturated rings. The van der Waals surface area contributed by atoms with Gasteiger partial charge in [-0.3, -0.25) is 4.79 Å². The number of nitrogens with zero attached hydrogens (tertiary/aromatic N) is 1. The largest absolute Gasteiger partial charge is 0.395 e. The van der Waals surface area contributed by atoms with Crippen LogP contribution in [0.25, 0.3) is 0 Å². The van der Waals surface area contributed by atoms with Crippen molar-refractivity contribution in [1.29, 1.82) is 0 Å². The second-order valence-corrected chi connectivity index (χ2v) is 4.67. The number of hydrogen-bond acceptors (Lipinski definition) is 3. The van der Waals surface area contributed by atoms with Crippen LogP contribution >= 0.6 is 15.9 Å². The monoisotopic (exact) mass is 301 g/mol. The molecule has 0 saturated heterocycles. The molecule has 1 aromatic rings. The van der Waals surface area contributed by atoms with Gasteiger partial charge in [-0.15, -0.1) is 0 Å². The summed E-state index contributed by atoms with van der Waals surface area (Å²) in [5.74, 6) is -0.183. The van der Waals surface area contributed by atoms with E-state index >= 15 is 0 Å². The summed E-state index contributed by atoms with van der Waals surface area (Å²) in [7, 11) is 0. The molecule has 0 aromatic heterocycles. The number of hydrogen-bond donors (Lipinski definition) is 2. The molecule has 1 rings (SSSR count). The Balaban J connectivity index is 2.92. The molecule has 0 atom stereocenters. The summed E-state index contributed by atoms with van der Waals surface area (Å²) in [6.07, 6.45) is 0. The first kappa shape index (κ1) is 14.2. The fourth-order valence-electron chi connectivity index (χ4n) is 1.60. The van der Waals surface area contributed by atoms with E-state index in [0.717, 1.165) is 10.0 Å². The number of aliphatic hydroxyl groups is 2. The standard InChI is InChI=1S/C12H16BrNO3/c1-9-6-10(8-11(13)7-9)12(17)14(2-4-15)3-5-16/h6-8,15-16H,2-5H2,1H3. The lowest BCUT2D eigenvalue weighted by Crippen LogP contribution is -2.35. The van der Waals surface area contributed by atoms with Crippen LogP contribution in [0.1, 0.15) is 15.9 Å². The van der Waals surface area contributed by atoms with E-state index in [9.17, 15) is 4.79 Å². The molecule has 0 spiro atoms. The molecular formula is C12H16BrNO3. The molecule has 2 N–H and O–H groups in total. The molecule has 0 aliphatic carbocycles. The Labute approximate surface area is 109 Å². The summed E-state index contributed by atoms with van der Waals surface area (Å²) in [4.78, 5) is 13.5. The number of carbonyl (C=O) groups is 1. The molecule has 0 bridgehead atoms. The summed E-state index contributed by atoms with van der Waals surface area (Å²) in [6, 6.07) is 5.44. The maximum absolute atomic E-state index is 12.1. The Hall–Kier alpha value is -0.910. The minimum absolute atomic E-state index is 0.112. The zero-order valence-electron chi connectivity index (χ0n) is 9.69. The summed E-state index contributed by atoms with van der Waals surface area (Å²) >= 11 is 3.34. The average Bonchev–Trinajstić information content (AvgIpc) is 2.26. The van der Waals surface area contributed by atoms with E-state index in [4.69, 9.17) is 10.2 Å². The number of benzene rings is 1. The topological polar surface area (TPSA) is 60.8 Å². The van der Waals surface area contributed by atoms with Crippen molar-refractivity contribution in [2.45, 2.75) is 6.92 Å². The quantitative estimate of drug-likeness (QED) is 0.859. The van der Waals surface area contributed by atoms with Crippen molar-refractivity contribution in [2.24, 2.45) is 0 Å². The van der Waals surface area contributed by atoms with Gasteiger partial charge in [0.1, 0.15) is 0 Å². The first-order valence-electron chi connectivity index (χ1n) is 5.36. The van der Waals surface area contributed by atoms with Gasteiger partial charge >= 0.3 is 0 Å². The smallest absolute Gasteiger partial charge is 0.254 e. The molecule has 0 heterocycles. The summed E-state index contributed by atoms with van der Waals surface area (Å²) < 4.78 is 0.841. The van der Waals surface area contributed by atoms with Gasteiger partial charge in [-0.05, 0) is 30.7 Å². The highest BCUT2D eigenvalue weighted by Crippen LogP contribution is 2.16. The zero-order chi connectivity index (χ0) is 12.8.